The quantitative estimate of drug-likeness (QED) is 0.182. The van der Waals surface area contributed by atoms with Crippen molar-refractivity contribution in [3.8, 4) is 0 Å². The Bertz CT molecular complexity index is 1250. The zero-order chi connectivity index (χ0) is 27.6. The second kappa shape index (κ2) is 14.9. The number of hydrogen-bond donors (Lipinski definition) is 0. The maximum absolute atomic E-state index is 9.51. The standard InChI is InChI=1S/2C14H17N.2BrH.2NO.W/c2*1-4-11-7-8-15-14-6-5-12(10(2)3)9-13(11)14;;;2*1-2;/h2*5-10H,4H2,1-3H3;2*1H;;;/q;;;;2*-1;+4/p-2. The summed E-state index contributed by atoms with van der Waals surface area (Å²) in [6.07, 6.45) is 5.94. The zero-order valence-corrected chi connectivity index (χ0v) is 28.2. The summed E-state index contributed by atoms with van der Waals surface area (Å²) in [5.74, 6) is 1.17. The Hall–Kier alpha value is -1.89. The second-order valence-corrected chi connectivity index (χ2v) is 35.0. The van der Waals surface area contributed by atoms with Crippen LogP contribution in [0.2, 0.25) is 0 Å². The number of pyridine rings is 2. The average molecular weight is 802 g/mol. The van der Waals surface area contributed by atoms with E-state index in [1.54, 1.807) is 0 Å². The molecule has 2 aromatic heterocycles. The third-order valence-corrected chi connectivity index (χ3v) is 11.1. The van der Waals surface area contributed by atoms with Crippen LogP contribution < -0.4 is 0 Å². The van der Waals surface area contributed by atoms with E-state index >= 15 is 0 Å². The molecule has 0 aliphatic carbocycles. The molecule has 6 nitrogen and oxygen atoms in total. The Balaban J connectivity index is 0.000000210. The van der Waals surface area contributed by atoms with Gasteiger partial charge in [-0.15, -0.1) is 0 Å². The Morgan fingerprint density at radius 1 is 0.703 bits per heavy atom. The van der Waals surface area contributed by atoms with Crippen LogP contribution in [0.1, 0.15) is 75.6 Å². The molecule has 2 heterocycles. The fourth-order valence-corrected chi connectivity index (χ4v) is 3.89. The summed E-state index contributed by atoms with van der Waals surface area (Å²) < 4.78 is 4.90. The van der Waals surface area contributed by atoms with Gasteiger partial charge in [-0.3, -0.25) is 9.97 Å². The minimum atomic E-state index is -3.50. The third-order valence-electron chi connectivity index (χ3n) is 5.99. The number of benzene rings is 2. The summed E-state index contributed by atoms with van der Waals surface area (Å²) in [6, 6.07) is 17.4. The summed E-state index contributed by atoms with van der Waals surface area (Å²) in [6.45, 7) is 13.3. The van der Waals surface area contributed by atoms with E-state index in [9.17, 15) is 9.81 Å². The summed E-state index contributed by atoms with van der Waals surface area (Å²) in [4.78, 5) is 27.8. The van der Waals surface area contributed by atoms with Crippen molar-refractivity contribution in [2.45, 2.75) is 66.2 Å². The predicted molar refractivity (Wildman–Crippen MR) is 160 cm³/mol. The van der Waals surface area contributed by atoms with Crippen LogP contribution in [0.4, 0.5) is 0 Å². The van der Waals surface area contributed by atoms with Gasteiger partial charge >= 0.3 is 56.3 Å². The molecule has 37 heavy (non-hydrogen) atoms. The van der Waals surface area contributed by atoms with Gasteiger partial charge in [0.25, 0.3) is 0 Å². The number of halogens is 2. The van der Waals surface area contributed by atoms with Gasteiger partial charge in [-0.1, -0.05) is 53.7 Å². The summed E-state index contributed by atoms with van der Waals surface area (Å²) in [5, 5.41) is 2.62. The van der Waals surface area contributed by atoms with Gasteiger partial charge in [-0.2, -0.15) is 0 Å². The molecule has 198 valence electrons. The first-order valence-corrected chi connectivity index (χ1v) is 27.7. The number of aryl methyl sites for hydroxylation is 2. The SMILES string of the molecule is CCc1ccnc2ccc(C(C)C)cc12.CCc1ccnc2ccc(C(C)C)cc12.O=[N][W]([Br])([Br])[N]=O. The molecule has 0 amide bonds. The summed E-state index contributed by atoms with van der Waals surface area (Å²) in [7, 11) is 0. The summed E-state index contributed by atoms with van der Waals surface area (Å²) in [5.41, 5.74) is 7.79. The van der Waals surface area contributed by atoms with Crippen molar-refractivity contribution >= 4 is 48.4 Å². The van der Waals surface area contributed by atoms with E-state index in [0.717, 1.165) is 23.9 Å². The first-order chi connectivity index (χ1) is 17.6. The molecule has 0 aliphatic rings. The topological polar surface area (TPSA) is 84.6 Å². The molecular formula is C28H34Br2N4O2W. The van der Waals surface area contributed by atoms with Crippen molar-refractivity contribution < 1.29 is 12.4 Å². The first-order valence-electron chi connectivity index (χ1n) is 12.2. The van der Waals surface area contributed by atoms with Gasteiger partial charge in [0.05, 0.1) is 11.0 Å². The molecule has 0 spiro atoms. The van der Waals surface area contributed by atoms with Crippen LogP contribution >= 0.6 is 26.6 Å². The fourth-order valence-electron chi connectivity index (χ4n) is 3.79. The molecule has 0 N–H and O–H groups in total. The van der Waals surface area contributed by atoms with Crippen LogP contribution in [0.25, 0.3) is 21.8 Å². The van der Waals surface area contributed by atoms with Crippen LogP contribution in [0.15, 0.2) is 68.4 Å². The van der Waals surface area contributed by atoms with Gasteiger partial charge in [0.2, 0.25) is 0 Å². The molecule has 4 rings (SSSR count). The monoisotopic (exact) mass is 800 g/mol. The molecule has 9 heteroatoms. The van der Waals surface area contributed by atoms with Gasteiger partial charge in [0.1, 0.15) is 0 Å². The molecule has 0 atom stereocenters. The molecular weight excluding hydrogens is 768 g/mol. The van der Waals surface area contributed by atoms with E-state index < -0.39 is 12.4 Å². The van der Waals surface area contributed by atoms with E-state index in [0.29, 0.717) is 11.8 Å². The minimum absolute atomic E-state index is 0.583. The molecule has 0 saturated carbocycles. The maximum atomic E-state index is 9.51. The Morgan fingerprint density at radius 3 is 1.35 bits per heavy atom. The molecule has 4 aromatic rings. The van der Waals surface area contributed by atoms with Crippen molar-refractivity contribution in [2.75, 3.05) is 0 Å². The average Bonchev–Trinajstić information content (AvgIpc) is 2.92. The van der Waals surface area contributed by atoms with Gasteiger partial charge in [-0.05, 0) is 83.3 Å². The van der Waals surface area contributed by atoms with E-state index in [4.69, 9.17) is 0 Å². The van der Waals surface area contributed by atoms with Gasteiger partial charge in [0, 0.05) is 23.2 Å². The van der Waals surface area contributed by atoms with Crippen LogP contribution in [-0.4, -0.2) is 9.97 Å². The Kier molecular flexibility index (Phi) is 12.6. The van der Waals surface area contributed by atoms with E-state index in [-0.39, 0.29) is 0 Å². The Morgan fingerprint density at radius 2 is 1.08 bits per heavy atom. The van der Waals surface area contributed by atoms with E-state index in [1.165, 1.54) is 33.0 Å². The van der Waals surface area contributed by atoms with Crippen LogP contribution in [0.5, 0.6) is 0 Å². The molecule has 0 aliphatic heterocycles. The van der Waals surface area contributed by atoms with Crippen LogP contribution in [0, 0.1) is 9.81 Å². The Labute approximate surface area is 236 Å². The van der Waals surface area contributed by atoms with E-state index in [1.807, 2.05) is 12.4 Å². The van der Waals surface area contributed by atoms with Gasteiger partial charge in [0.15, 0.2) is 0 Å². The normalized spacial score (nSPS) is 11.5. The third kappa shape index (κ3) is 9.12. The van der Waals surface area contributed by atoms with Crippen molar-refractivity contribution in [3.05, 3.63) is 93.0 Å². The number of aromatic nitrogens is 2. The molecule has 0 bridgehead atoms. The molecule has 0 saturated heterocycles. The number of fused-ring (bicyclic) bond motifs is 2. The van der Waals surface area contributed by atoms with Crippen molar-refractivity contribution in [1.82, 2.24) is 9.97 Å². The van der Waals surface area contributed by atoms with Crippen molar-refractivity contribution in [1.29, 1.82) is 0 Å². The number of nitroso groups, excluding NO2 is 2. The fraction of sp³-hybridized carbons (Fsp3) is 0.357. The molecule has 2 aromatic carbocycles. The molecule has 0 radical (unpaired) electrons. The summed E-state index contributed by atoms with van der Waals surface area (Å²) >= 11 is 1.99. The van der Waals surface area contributed by atoms with Crippen molar-refractivity contribution in [2.24, 2.45) is 7.47 Å². The zero-order valence-electron chi connectivity index (χ0n) is 22.1. The van der Waals surface area contributed by atoms with E-state index in [2.05, 4.69) is 134 Å². The van der Waals surface area contributed by atoms with Gasteiger partial charge < -0.3 is 0 Å². The number of hydrogen-bond acceptors (Lipinski definition) is 6. The molecule has 0 unspecified atom stereocenters. The molecule has 0 fully saturated rings. The van der Waals surface area contributed by atoms with Crippen LogP contribution in [0.3, 0.4) is 0 Å². The first kappa shape index (κ1) is 31.3. The number of rotatable bonds is 6. The van der Waals surface area contributed by atoms with Gasteiger partial charge in [-0.25, -0.2) is 0 Å². The number of nitrogens with zero attached hydrogens (tertiary/aromatic N) is 4. The predicted octanol–water partition coefficient (Wildman–Crippen LogP) is 9.96. The van der Waals surface area contributed by atoms with Crippen molar-refractivity contribution in [3.63, 3.8) is 0 Å². The van der Waals surface area contributed by atoms with Crippen LogP contribution in [-0.2, 0) is 25.3 Å². The second-order valence-electron chi connectivity index (χ2n) is 9.07.